The van der Waals surface area contributed by atoms with Crippen molar-refractivity contribution >= 4 is 43.4 Å². The van der Waals surface area contributed by atoms with Crippen molar-refractivity contribution in [2.45, 2.75) is 18.2 Å². The van der Waals surface area contributed by atoms with Crippen LogP contribution in [0.5, 0.6) is 0 Å². The lowest BCUT2D eigenvalue weighted by Crippen LogP contribution is -2.17. The van der Waals surface area contributed by atoms with Crippen LogP contribution in [-0.4, -0.2) is 30.4 Å². The molecule has 0 atom stereocenters. The van der Waals surface area contributed by atoms with Crippen molar-refractivity contribution in [2.75, 3.05) is 11.3 Å². The Kier molecular flexibility index (Phi) is 5.28. The van der Waals surface area contributed by atoms with Crippen LogP contribution in [-0.2, 0) is 26.0 Å². The second-order valence-electron chi connectivity index (χ2n) is 5.38. The first-order valence-corrected chi connectivity index (χ1v) is 10.1. The second kappa shape index (κ2) is 7.46. The van der Waals surface area contributed by atoms with Crippen molar-refractivity contribution in [3.8, 4) is 0 Å². The Balaban J connectivity index is 2.07. The van der Waals surface area contributed by atoms with E-state index >= 15 is 0 Å². The van der Waals surface area contributed by atoms with Gasteiger partial charge in [0.1, 0.15) is 11.5 Å². The maximum Gasteiger partial charge on any atom is 0.312 e. The van der Waals surface area contributed by atoms with E-state index < -0.39 is 16.0 Å². The Morgan fingerprint density at radius 3 is 2.65 bits per heavy atom. The van der Waals surface area contributed by atoms with Gasteiger partial charge in [-0.25, -0.2) is 13.4 Å². The summed E-state index contributed by atoms with van der Waals surface area (Å²) >= 11 is 3.36. The first kappa shape index (κ1) is 18.4. The zero-order chi connectivity index (χ0) is 18.7. The number of pyridine rings is 1. The van der Waals surface area contributed by atoms with Crippen molar-refractivity contribution in [3.63, 3.8) is 0 Å². The third-order valence-electron chi connectivity index (χ3n) is 3.56. The number of benzene rings is 1. The van der Waals surface area contributed by atoms with Gasteiger partial charge in [-0.3, -0.25) is 13.9 Å². The molecular formula is C17H16BrN3O4S. The Morgan fingerprint density at radius 1 is 1.23 bits per heavy atom. The number of fused-ring (bicyclic) bond motifs is 1. The Bertz CT molecular complexity index is 1050. The summed E-state index contributed by atoms with van der Waals surface area (Å²) in [4.78, 5) is 16.4. The molecule has 0 saturated carbocycles. The third-order valence-corrected chi connectivity index (χ3v) is 5.38. The molecule has 0 fully saturated rings. The monoisotopic (exact) mass is 437 g/mol. The number of nitrogens with zero attached hydrogens (tertiary/aromatic N) is 2. The molecule has 1 aromatic carbocycles. The maximum absolute atomic E-state index is 12.7. The number of ether oxygens (including phenoxy) is 1. The van der Waals surface area contributed by atoms with Crippen molar-refractivity contribution < 1.29 is 17.9 Å². The van der Waals surface area contributed by atoms with E-state index in [0.29, 0.717) is 11.3 Å². The number of rotatable bonds is 6. The van der Waals surface area contributed by atoms with E-state index in [1.54, 1.807) is 47.9 Å². The molecule has 7 nitrogen and oxygen atoms in total. The summed E-state index contributed by atoms with van der Waals surface area (Å²) in [6.45, 7) is 1.94. The average Bonchev–Trinajstić information content (AvgIpc) is 2.92. The highest BCUT2D eigenvalue weighted by molar-refractivity contribution is 9.10. The van der Waals surface area contributed by atoms with Crippen LogP contribution in [0.15, 0.2) is 58.0 Å². The molecule has 0 saturated heterocycles. The van der Waals surface area contributed by atoms with Gasteiger partial charge in [0.05, 0.1) is 23.6 Å². The van der Waals surface area contributed by atoms with Crippen molar-refractivity contribution in [2.24, 2.45) is 0 Å². The zero-order valence-electron chi connectivity index (χ0n) is 13.8. The number of anilines is 1. The van der Waals surface area contributed by atoms with Gasteiger partial charge in [0.15, 0.2) is 0 Å². The highest BCUT2D eigenvalue weighted by Gasteiger charge is 2.22. The first-order valence-electron chi connectivity index (χ1n) is 7.80. The standard InChI is InChI=1S/C17H16BrN3O4S/c1-2-25-16(22)10-14-17(21-11-12(18)8-9-15(21)19-14)20-26(23,24)13-6-4-3-5-7-13/h3-9,11,20H,2,10H2,1H3. The molecule has 0 aliphatic heterocycles. The summed E-state index contributed by atoms with van der Waals surface area (Å²) in [7, 11) is -3.84. The van der Waals surface area contributed by atoms with Gasteiger partial charge in [-0.2, -0.15) is 0 Å². The lowest BCUT2D eigenvalue weighted by Gasteiger charge is -2.10. The van der Waals surface area contributed by atoms with Gasteiger partial charge in [0, 0.05) is 10.7 Å². The lowest BCUT2D eigenvalue weighted by atomic mass is 10.3. The van der Waals surface area contributed by atoms with Crippen LogP contribution in [0.4, 0.5) is 5.82 Å². The molecule has 26 heavy (non-hydrogen) atoms. The number of sulfonamides is 1. The normalized spacial score (nSPS) is 11.5. The lowest BCUT2D eigenvalue weighted by molar-refractivity contribution is -0.142. The summed E-state index contributed by atoms with van der Waals surface area (Å²) in [5.41, 5.74) is 0.805. The van der Waals surface area contributed by atoms with E-state index in [2.05, 4.69) is 25.6 Å². The van der Waals surface area contributed by atoms with E-state index in [9.17, 15) is 13.2 Å². The van der Waals surface area contributed by atoms with Gasteiger partial charge < -0.3 is 4.74 Å². The number of aromatic nitrogens is 2. The van der Waals surface area contributed by atoms with Crippen molar-refractivity contribution in [3.05, 3.63) is 58.8 Å². The minimum absolute atomic E-state index is 0.118. The topological polar surface area (TPSA) is 89.8 Å². The molecule has 2 heterocycles. The second-order valence-corrected chi connectivity index (χ2v) is 7.98. The van der Waals surface area contributed by atoms with Crippen LogP contribution in [0.2, 0.25) is 0 Å². The van der Waals surface area contributed by atoms with Gasteiger partial charge in [0.25, 0.3) is 10.0 Å². The molecule has 0 bridgehead atoms. The van der Waals surface area contributed by atoms with Crippen molar-refractivity contribution in [1.29, 1.82) is 0 Å². The van der Waals surface area contributed by atoms with Crippen LogP contribution in [0.1, 0.15) is 12.6 Å². The Labute approximate surface area is 159 Å². The van der Waals surface area contributed by atoms with Gasteiger partial charge in [-0.15, -0.1) is 0 Å². The summed E-state index contributed by atoms with van der Waals surface area (Å²) in [6.07, 6.45) is 1.54. The zero-order valence-corrected chi connectivity index (χ0v) is 16.2. The fourth-order valence-electron chi connectivity index (χ4n) is 2.43. The highest BCUT2D eigenvalue weighted by Crippen LogP contribution is 2.24. The predicted molar refractivity (Wildman–Crippen MR) is 100 cm³/mol. The summed E-state index contributed by atoms with van der Waals surface area (Å²) in [6, 6.07) is 11.5. The molecular weight excluding hydrogens is 422 g/mol. The molecule has 0 aliphatic carbocycles. The molecule has 9 heteroatoms. The first-order chi connectivity index (χ1) is 12.4. The van der Waals surface area contributed by atoms with Crippen LogP contribution >= 0.6 is 15.9 Å². The SMILES string of the molecule is CCOC(=O)Cc1nc2ccc(Br)cn2c1NS(=O)(=O)c1ccccc1. The molecule has 1 N–H and O–H groups in total. The number of halogens is 1. The van der Waals surface area contributed by atoms with Crippen LogP contribution in [0, 0.1) is 0 Å². The quantitative estimate of drug-likeness (QED) is 0.598. The van der Waals surface area contributed by atoms with Gasteiger partial charge in [-0.05, 0) is 47.1 Å². The number of hydrogen-bond donors (Lipinski definition) is 1. The fourth-order valence-corrected chi connectivity index (χ4v) is 3.87. The summed E-state index contributed by atoms with van der Waals surface area (Å²) in [5.74, 6) is -0.270. The Morgan fingerprint density at radius 2 is 1.96 bits per heavy atom. The van der Waals surface area contributed by atoms with Gasteiger partial charge in [0.2, 0.25) is 0 Å². The van der Waals surface area contributed by atoms with Gasteiger partial charge in [-0.1, -0.05) is 18.2 Å². The maximum atomic E-state index is 12.7. The van der Waals surface area contributed by atoms with Gasteiger partial charge >= 0.3 is 5.97 Å². The molecule has 0 amide bonds. The number of carbonyl (C=O) groups is 1. The largest absolute Gasteiger partial charge is 0.466 e. The molecule has 0 radical (unpaired) electrons. The molecule has 3 rings (SSSR count). The van der Waals surface area contributed by atoms with E-state index in [1.807, 2.05) is 0 Å². The smallest absolute Gasteiger partial charge is 0.312 e. The predicted octanol–water partition coefficient (Wildman–Crippen LogP) is 3.00. The minimum atomic E-state index is -3.84. The summed E-state index contributed by atoms with van der Waals surface area (Å²) < 4.78 is 35.3. The molecule has 0 unspecified atom stereocenters. The molecule has 0 aliphatic rings. The van der Waals surface area contributed by atoms with Crippen LogP contribution in [0.3, 0.4) is 0 Å². The molecule has 0 spiro atoms. The molecule has 2 aromatic heterocycles. The number of nitrogens with one attached hydrogen (secondary N) is 1. The number of hydrogen-bond acceptors (Lipinski definition) is 5. The number of carbonyl (C=O) groups excluding carboxylic acids is 1. The number of esters is 1. The Hall–Kier alpha value is -2.39. The van der Waals surface area contributed by atoms with E-state index in [0.717, 1.165) is 4.47 Å². The van der Waals surface area contributed by atoms with E-state index in [4.69, 9.17) is 4.74 Å². The molecule has 3 aromatic rings. The average molecular weight is 438 g/mol. The van der Waals surface area contributed by atoms with Crippen molar-refractivity contribution in [1.82, 2.24) is 9.38 Å². The minimum Gasteiger partial charge on any atom is -0.466 e. The highest BCUT2D eigenvalue weighted by atomic mass is 79.9. The third kappa shape index (κ3) is 3.88. The fraction of sp³-hybridized carbons (Fsp3) is 0.176. The van der Waals surface area contributed by atoms with Crippen LogP contribution in [0.25, 0.3) is 5.65 Å². The summed E-state index contributed by atoms with van der Waals surface area (Å²) in [5, 5.41) is 0. The van der Waals surface area contributed by atoms with E-state index in [1.165, 1.54) is 12.1 Å². The van der Waals surface area contributed by atoms with Crippen LogP contribution < -0.4 is 4.72 Å². The number of imidazole rings is 1. The molecule has 136 valence electrons. The van der Waals surface area contributed by atoms with E-state index in [-0.39, 0.29) is 23.7 Å².